The fourth-order valence-electron chi connectivity index (χ4n) is 2.72. The van der Waals surface area contributed by atoms with Gasteiger partial charge in [0.25, 0.3) is 0 Å². The molecule has 6 nitrogen and oxygen atoms in total. The molecule has 1 aromatic carbocycles. The summed E-state index contributed by atoms with van der Waals surface area (Å²) in [6.45, 7) is 0. The number of ether oxygens (including phenoxy) is 2. The van der Waals surface area contributed by atoms with Crippen molar-refractivity contribution in [1.29, 1.82) is 0 Å². The number of hydrogen-bond donors (Lipinski definition) is 1. The zero-order valence-corrected chi connectivity index (χ0v) is 16.0. The molecule has 1 aliphatic carbocycles. The fourth-order valence-corrected chi connectivity index (χ4v) is 2.72. The van der Waals surface area contributed by atoms with E-state index in [2.05, 4.69) is 0 Å². The number of ketones is 3. The SMILES string of the molecule is COc1ccc(C(=O)/C=C/CCC(=O)CCC2(O)C=CC(=O)C=C2)cc1OC. The molecular formula is C22H24O6. The van der Waals surface area contributed by atoms with Crippen molar-refractivity contribution < 1.29 is 29.0 Å². The fraction of sp³-hybridized carbons (Fsp3) is 0.318. The molecule has 2 rings (SSSR count). The molecule has 0 saturated carbocycles. The van der Waals surface area contributed by atoms with Crippen LogP contribution in [0, 0.1) is 0 Å². The third kappa shape index (κ3) is 6.03. The molecule has 0 bridgehead atoms. The van der Waals surface area contributed by atoms with Crippen molar-refractivity contribution in [2.24, 2.45) is 0 Å². The molecule has 0 aliphatic heterocycles. The minimum absolute atomic E-state index is 0.0182. The van der Waals surface area contributed by atoms with Crippen LogP contribution in [0.1, 0.15) is 36.0 Å². The van der Waals surface area contributed by atoms with E-state index in [-0.39, 0.29) is 36.6 Å². The number of carbonyl (C=O) groups is 3. The summed E-state index contributed by atoms with van der Waals surface area (Å²) in [5.41, 5.74) is -0.782. The number of hydrogen-bond acceptors (Lipinski definition) is 6. The standard InChI is InChI=1S/C22H24O6/c1-27-20-8-7-16(15-21(20)28-2)19(25)6-4-3-5-17(23)9-12-22(26)13-10-18(24)11-14-22/h4,6-8,10-11,13-15,26H,3,5,9,12H2,1-2H3/b6-4+. The molecule has 0 fully saturated rings. The molecule has 1 aromatic rings. The first kappa shape index (κ1) is 21.3. The maximum absolute atomic E-state index is 12.2. The summed E-state index contributed by atoms with van der Waals surface area (Å²) in [5, 5.41) is 10.2. The first-order valence-electron chi connectivity index (χ1n) is 8.96. The van der Waals surface area contributed by atoms with Crippen molar-refractivity contribution in [3.63, 3.8) is 0 Å². The number of aliphatic hydroxyl groups is 1. The lowest BCUT2D eigenvalue weighted by molar-refractivity contribution is -0.119. The Hall–Kier alpha value is -2.99. The van der Waals surface area contributed by atoms with Crippen molar-refractivity contribution in [3.05, 3.63) is 60.2 Å². The maximum atomic E-state index is 12.2. The van der Waals surface area contributed by atoms with Gasteiger partial charge in [-0.2, -0.15) is 0 Å². The molecular weight excluding hydrogens is 360 g/mol. The number of methoxy groups -OCH3 is 2. The molecule has 0 radical (unpaired) electrons. The molecule has 0 saturated heterocycles. The highest BCUT2D eigenvalue weighted by Gasteiger charge is 2.23. The van der Waals surface area contributed by atoms with Crippen molar-refractivity contribution in [2.75, 3.05) is 14.2 Å². The Morgan fingerprint density at radius 3 is 2.39 bits per heavy atom. The van der Waals surface area contributed by atoms with E-state index in [0.29, 0.717) is 23.5 Å². The monoisotopic (exact) mass is 384 g/mol. The number of benzene rings is 1. The number of rotatable bonds is 10. The van der Waals surface area contributed by atoms with E-state index in [1.165, 1.54) is 44.6 Å². The van der Waals surface area contributed by atoms with Gasteiger partial charge in [-0.1, -0.05) is 6.08 Å². The van der Waals surface area contributed by atoms with Crippen LogP contribution in [0.5, 0.6) is 11.5 Å². The topological polar surface area (TPSA) is 89.9 Å². The van der Waals surface area contributed by atoms with Gasteiger partial charge < -0.3 is 14.6 Å². The normalized spacial score (nSPS) is 15.0. The van der Waals surface area contributed by atoms with Crippen molar-refractivity contribution >= 4 is 17.3 Å². The van der Waals surface area contributed by atoms with Crippen LogP contribution < -0.4 is 9.47 Å². The van der Waals surface area contributed by atoms with Gasteiger partial charge >= 0.3 is 0 Å². The number of Topliss-reactive ketones (excluding diaryl/α,β-unsaturated/α-hetero) is 1. The quantitative estimate of drug-likeness (QED) is 0.493. The van der Waals surface area contributed by atoms with Gasteiger partial charge in [0.2, 0.25) is 0 Å². The van der Waals surface area contributed by atoms with E-state index in [4.69, 9.17) is 9.47 Å². The minimum atomic E-state index is -1.25. The van der Waals surface area contributed by atoms with Crippen LogP contribution in [0.3, 0.4) is 0 Å². The van der Waals surface area contributed by atoms with E-state index in [9.17, 15) is 19.5 Å². The van der Waals surface area contributed by atoms with Gasteiger partial charge in [-0.15, -0.1) is 0 Å². The molecule has 28 heavy (non-hydrogen) atoms. The smallest absolute Gasteiger partial charge is 0.185 e. The van der Waals surface area contributed by atoms with Crippen LogP contribution >= 0.6 is 0 Å². The van der Waals surface area contributed by atoms with Crippen molar-refractivity contribution in [1.82, 2.24) is 0 Å². The van der Waals surface area contributed by atoms with E-state index in [1.807, 2.05) is 0 Å². The first-order chi connectivity index (χ1) is 13.4. The predicted octanol–water partition coefficient (Wildman–Crippen LogP) is 3.00. The summed E-state index contributed by atoms with van der Waals surface area (Å²) in [4.78, 5) is 35.3. The van der Waals surface area contributed by atoms with Crippen molar-refractivity contribution in [3.8, 4) is 11.5 Å². The van der Waals surface area contributed by atoms with Gasteiger partial charge in [-0.05, 0) is 61.4 Å². The summed E-state index contributed by atoms with van der Waals surface area (Å²) in [6.07, 6.45) is 9.62. The summed E-state index contributed by atoms with van der Waals surface area (Å²) < 4.78 is 10.3. The first-order valence-corrected chi connectivity index (χ1v) is 8.96. The van der Waals surface area contributed by atoms with E-state index < -0.39 is 5.60 Å². The molecule has 0 spiro atoms. The highest BCUT2D eigenvalue weighted by Crippen LogP contribution is 2.27. The molecule has 0 amide bonds. The molecule has 148 valence electrons. The summed E-state index contributed by atoms with van der Waals surface area (Å²) in [5.74, 6) is 0.630. The molecule has 0 unspecified atom stereocenters. The van der Waals surface area contributed by atoms with Crippen LogP contribution in [0.15, 0.2) is 54.7 Å². The van der Waals surface area contributed by atoms with Crippen LogP contribution in [0.25, 0.3) is 0 Å². The van der Waals surface area contributed by atoms with E-state index in [1.54, 1.807) is 24.3 Å². The highest BCUT2D eigenvalue weighted by atomic mass is 16.5. The van der Waals surface area contributed by atoms with Gasteiger partial charge in [0.15, 0.2) is 23.1 Å². The molecule has 0 aromatic heterocycles. The number of carbonyl (C=O) groups excluding carboxylic acids is 3. The third-order valence-electron chi connectivity index (χ3n) is 4.40. The van der Waals surface area contributed by atoms with Crippen molar-refractivity contribution in [2.45, 2.75) is 31.3 Å². The molecule has 1 aliphatic rings. The van der Waals surface area contributed by atoms with Crippen LogP contribution in [-0.4, -0.2) is 42.3 Å². The lowest BCUT2D eigenvalue weighted by atomic mass is 9.91. The summed E-state index contributed by atoms with van der Waals surface area (Å²) in [7, 11) is 3.02. The van der Waals surface area contributed by atoms with E-state index in [0.717, 1.165) is 0 Å². The van der Waals surface area contributed by atoms with Crippen LogP contribution in [0.4, 0.5) is 0 Å². The average Bonchev–Trinajstić information content (AvgIpc) is 2.71. The Labute approximate surface area is 164 Å². The lowest BCUT2D eigenvalue weighted by Gasteiger charge is -2.21. The Kier molecular flexibility index (Phi) is 7.46. The minimum Gasteiger partial charge on any atom is -0.493 e. The highest BCUT2D eigenvalue weighted by molar-refractivity contribution is 6.05. The second-order valence-electron chi connectivity index (χ2n) is 6.47. The van der Waals surface area contributed by atoms with Gasteiger partial charge in [0, 0.05) is 18.4 Å². The molecule has 0 heterocycles. The zero-order chi connectivity index (χ0) is 20.6. The summed E-state index contributed by atoms with van der Waals surface area (Å²) in [6, 6.07) is 4.92. The van der Waals surface area contributed by atoms with Gasteiger partial charge in [-0.25, -0.2) is 0 Å². The Bertz CT molecular complexity index is 815. The zero-order valence-electron chi connectivity index (χ0n) is 16.0. The van der Waals surface area contributed by atoms with Crippen LogP contribution in [-0.2, 0) is 9.59 Å². The Morgan fingerprint density at radius 1 is 1.07 bits per heavy atom. The second kappa shape index (κ2) is 9.80. The second-order valence-corrected chi connectivity index (χ2v) is 6.47. The lowest BCUT2D eigenvalue weighted by Crippen LogP contribution is -2.26. The largest absolute Gasteiger partial charge is 0.493 e. The average molecular weight is 384 g/mol. The van der Waals surface area contributed by atoms with Crippen LogP contribution in [0.2, 0.25) is 0 Å². The van der Waals surface area contributed by atoms with E-state index >= 15 is 0 Å². The maximum Gasteiger partial charge on any atom is 0.185 e. The number of allylic oxidation sites excluding steroid dienone is 4. The predicted molar refractivity (Wildman–Crippen MR) is 105 cm³/mol. The summed E-state index contributed by atoms with van der Waals surface area (Å²) >= 11 is 0. The Morgan fingerprint density at radius 2 is 1.75 bits per heavy atom. The third-order valence-corrected chi connectivity index (χ3v) is 4.40. The molecule has 0 atom stereocenters. The van der Waals surface area contributed by atoms with Gasteiger partial charge in [0.05, 0.1) is 14.2 Å². The van der Waals surface area contributed by atoms with Gasteiger partial charge in [-0.3, -0.25) is 14.4 Å². The van der Waals surface area contributed by atoms with Gasteiger partial charge in [0.1, 0.15) is 11.4 Å². The molecule has 1 N–H and O–H groups in total. The Balaban J connectivity index is 1.79. The molecule has 6 heteroatoms.